The van der Waals surface area contributed by atoms with Crippen LogP contribution in [-0.4, -0.2) is 65.7 Å². The van der Waals surface area contributed by atoms with Crippen molar-refractivity contribution < 1.29 is 47.8 Å². The fourth-order valence-electron chi connectivity index (χ4n) is 7.11. The molecule has 0 aliphatic carbocycles. The molecule has 11 heteroatoms. The number of carbonyl (C=O) groups is 2. The van der Waals surface area contributed by atoms with Crippen molar-refractivity contribution in [2.45, 2.75) is 257 Å². The van der Waals surface area contributed by atoms with E-state index in [2.05, 4.69) is 26.0 Å². The fourth-order valence-corrected chi connectivity index (χ4v) is 7.90. The fraction of sp³-hybridized carbons (Fsp3) is 0.917. The summed E-state index contributed by atoms with van der Waals surface area (Å²) in [5, 5.41) is 18.4. The summed E-state index contributed by atoms with van der Waals surface area (Å²) in [6.45, 7) is 2.41. The van der Waals surface area contributed by atoms with Gasteiger partial charge >= 0.3 is 19.8 Å². The number of hydrogen-bond donors (Lipinski definition) is 3. The number of hydrogen-bond acceptors (Lipinski definition) is 9. The third kappa shape index (κ3) is 44.6. The summed E-state index contributed by atoms with van der Waals surface area (Å²) in [5.74, 6) is -0.936. The van der Waals surface area contributed by atoms with E-state index in [1.807, 2.05) is 0 Å². The minimum atomic E-state index is -4.62. The van der Waals surface area contributed by atoms with E-state index in [0.29, 0.717) is 12.8 Å². The monoisotopic (exact) mass is 861 g/mol. The first-order chi connectivity index (χ1) is 28.7. The maximum absolute atomic E-state index is 12.7. The van der Waals surface area contributed by atoms with Crippen LogP contribution in [0.2, 0.25) is 0 Å². The van der Waals surface area contributed by atoms with E-state index < -0.39 is 51.8 Å². The summed E-state index contributed by atoms with van der Waals surface area (Å²) >= 11 is 0. The van der Waals surface area contributed by atoms with Crippen LogP contribution in [0, 0.1) is 0 Å². The smallest absolute Gasteiger partial charge is 0.462 e. The highest BCUT2D eigenvalue weighted by atomic mass is 31.2. The van der Waals surface area contributed by atoms with E-state index >= 15 is 0 Å². The lowest BCUT2D eigenvalue weighted by Crippen LogP contribution is -2.29. The molecule has 0 aliphatic heterocycles. The molecule has 0 spiro atoms. The molecule has 1 unspecified atom stereocenters. The van der Waals surface area contributed by atoms with E-state index in [-0.39, 0.29) is 19.4 Å². The molecule has 0 saturated heterocycles. The molecule has 0 radical (unpaired) electrons. The molecule has 0 rings (SSSR count). The second-order valence-corrected chi connectivity index (χ2v) is 18.3. The van der Waals surface area contributed by atoms with Crippen LogP contribution in [0.1, 0.15) is 245 Å². The molecule has 0 aromatic rings. The zero-order valence-corrected chi connectivity index (χ0v) is 39.1. The summed E-state index contributed by atoms with van der Waals surface area (Å²) in [6, 6.07) is 0. The highest BCUT2D eigenvalue weighted by Gasteiger charge is 2.27. The predicted octanol–water partition coefficient (Wildman–Crippen LogP) is 13.6. The Kier molecular flexibility index (Phi) is 43.8. The third-order valence-corrected chi connectivity index (χ3v) is 11.9. The van der Waals surface area contributed by atoms with Gasteiger partial charge in [-0.15, -0.1) is 0 Å². The number of ether oxygens (including phenoxy) is 2. The van der Waals surface area contributed by atoms with Gasteiger partial charge in [-0.05, 0) is 38.5 Å². The van der Waals surface area contributed by atoms with E-state index in [1.54, 1.807) is 0 Å². The second-order valence-electron chi connectivity index (χ2n) is 16.8. The minimum absolute atomic E-state index is 0.187. The van der Waals surface area contributed by atoms with Gasteiger partial charge in [0.25, 0.3) is 0 Å². The van der Waals surface area contributed by atoms with Crippen LogP contribution in [0.15, 0.2) is 12.2 Å². The Hall–Kier alpha value is -1.29. The molecular weight excluding hydrogens is 767 g/mol. The Morgan fingerprint density at radius 3 is 1.25 bits per heavy atom. The summed E-state index contributed by atoms with van der Waals surface area (Å²) in [7, 11) is -4.62. The van der Waals surface area contributed by atoms with Crippen LogP contribution in [0.3, 0.4) is 0 Å². The van der Waals surface area contributed by atoms with Gasteiger partial charge in [-0.2, -0.15) is 0 Å². The molecule has 0 aromatic heterocycles. The standard InChI is InChI=1S/C48H93O10P/c1-3-5-7-9-11-13-15-17-19-20-21-22-23-24-26-28-30-32-34-36-38-40-48(52)58-46(44-57-59(53,54)56-42-45(50)41-49)43-55-47(51)39-37-35-33-31-29-27-25-18-16-14-12-10-8-6-4-2/h29,31,45-46,49-50H,3-28,30,32-44H2,1-2H3,(H,53,54)/b31-29+/t45-,46+/m0/s1. The Bertz CT molecular complexity index is 993. The number of phosphoric ester groups is 1. The summed E-state index contributed by atoms with van der Waals surface area (Å²) in [5.41, 5.74) is 0. The van der Waals surface area contributed by atoms with Crippen molar-refractivity contribution in [3.8, 4) is 0 Å². The van der Waals surface area contributed by atoms with Gasteiger partial charge in [-0.3, -0.25) is 18.6 Å². The number of esters is 2. The molecule has 10 nitrogen and oxygen atoms in total. The highest BCUT2D eigenvalue weighted by molar-refractivity contribution is 7.47. The first kappa shape index (κ1) is 57.7. The number of unbranched alkanes of at least 4 members (excludes halogenated alkanes) is 31. The van der Waals surface area contributed by atoms with Crippen molar-refractivity contribution in [3.63, 3.8) is 0 Å². The van der Waals surface area contributed by atoms with Crippen molar-refractivity contribution in [3.05, 3.63) is 12.2 Å². The summed E-state index contributed by atoms with van der Waals surface area (Å²) in [6.07, 6.45) is 44.7. The molecule has 3 atom stereocenters. The van der Waals surface area contributed by atoms with E-state index in [0.717, 1.165) is 38.5 Å². The topological polar surface area (TPSA) is 149 Å². The molecule has 350 valence electrons. The minimum Gasteiger partial charge on any atom is -0.462 e. The third-order valence-electron chi connectivity index (χ3n) is 10.9. The first-order valence-corrected chi connectivity index (χ1v) is 26.1. The van der Waals surface area contributed by atoms with Crippen LogP contribution in [-0.2, 0) is 32.7 Å². The zero-order valence-electron chi connectivity index (χ0n) is 38.2. The second kappa shape index (κ2) is 44.8. The average molecular weight is 861 g/mol. The number of aliphatic hydroxyl groups is 2. The quantitative estimate of drug-likeness (QED) is 0.0234. The normalized spacial score (nSPS) is 13.8. The van der Waals surface area contributed by atoms with Gasteiger partial charge in [0.2, 0.25) is 0 Å². The maximum atomic E-state index is 12.7. The SMILES string of the molecule is CCCCCCCCCCC/C=C/CCCCC(=O)OC[C@H](COP(=O)(O)OC[C@@H](O)CO)OC(=O)CCCCCCCCCCCCCCCCCCCCCCC. The molecule has 0 amide bonds. The molecule has 0 bridgehead atoms. The Morgan fingerprint density at radius 2 is 0.831 bits per heavy atom. The first-order valence-electron chi connectivity index (χ1n) is 24.6. The lowest BCUT2D eigenvalue weighted by atomic mass is 10.0. The molecule has 0 saturated carbocycles. The molecule has 0 heterocycles. The van der Waals surface area contributed by atoms with Crippen molar-refractivity contribution >= 4 is 19.8 Å². The van der Waals surface area contributed by atoms with Crippen LogP contribution in [0.25, 0.3) is 0 Å². The molecule has 0 fully saturated rings. The van der Waals surface area contributed by atoms with E-state index in [9.17, 15) is 24.2 Å². The van der Waals surface area contributed by atoms with Gasteiger partial charge in [0.1, 0.15) is 12.7 Å². The predicted molar refractivity (Wildman–Crippen MR) is 242 cm³/mol. The molecular formula is C48H93O10P. The van der Waals surface area contributed by atoms with Crippen molar-refractivity contribution in [1.82, 2.24) is 0 Å². The molecule has 0 aromatic carbocycles. The van der Waals surface area contributed by atoms with E-state index in [4.69, 9.17) is 23.6 Å². The lowest BCUT2D eigenvalue weighted by molar-refractivity contribution is -0.161. The Balaban J connectivity index is 4.17. The highest BCUT2D eigenvalue weighted by Crippen LogP contribution is 2.43. The van der Waals surface area contributed by atoms with Gasteiger partial charge < -0.3 is 24.6 Å². The number of carbonyl (C=O) groups excluding carboxylic acids is 2. The van der Waals surface area contributed by atoms with Crippen LogP contribution < -0.4 is 0 Å². The average Bonchev–Trinajstić information content (AvgIpc) is 3.22. The Labute approximate surface area is 362 Å². The van der Waals surface area contributed by atoms with Gasteiger partial charge in [0.15, 0.2) is 6.10 Å². The zero-order chi connectivity index (χ0) is 43.3. The van der Waals surface area contributed by atoms with Gasteiger partial charge in [0.05, 0.1) is 19.8 Å². The summed E-state index contributed by atoms with van der Waals surface area (Å²) in [4.78, 5) is 35.1. The Morgan fingerprint density at radius 1 is 0.492 bits per heavy atom. The van der Waals surface area contributed by atoms with Crippen LogP contribution >= 0.6 is 7.82 Å². The van der Waals surface area contributed by atoms with Gasteiger partial charge in [-0.1, -0.05) is 206 Å². The number of allylic oxidation sites excluding steroid dienone is 2. The van der Waals surface area contributed by atoms with Gasteiger partial charge in [-0.25, -0.2) is 4.57 Å². The molecule has 59 heavy (non-hydrogen) atoms. The lowest BCUT2D eigenvalue weighted by Gasteiger charge is -2.20. The maximum Gasteiger partial charge on any atom is 0.472 e. The number of rotatable bonds is 47. The van der Waals surface area contributed by atoms with Crippen molar-refractivity contribution in [1.29, 1.82) is 0 Å². The van der Waals surface area contributed by atoms with Crippen molar-refractivity contribution in [2.24, 2.45) is 0 Å². The number of aliphatic hydroxyl groups excluding tert-OH is 2. The van der Waals surface area contributed by atoms with E-state index in [1.165, 1.54) is 167 Å². The van der Waals surface area contributed by atoms with Crippen LogP contribution in [0.4, 0.5) is 0 Å². The largest absolute Gasteiger partial charge is 0.472 e. The number of phosphoric acid groups is 1. The van der Waals surface area contributed by atoms with Crippen molar-refractivity contribution in [2.75, 3.05) is 26.4 Å². The molecule has 0 aliphatic rings. The van der Waals surface area contributed by atoms with Crippen LogP contribution in [0.5, 0.6) is 0 Å². The molecule has 3 N–H and O–H groups in total. The summed E-state index contributed by atoms with van der Waals surface area (Å²) < 4.78 is 32.8. The van der Waals surface area contributed by atoms with Gasteiger partial charge in [0, 0.05) is 12.8 Å².